The van der Waals surface area contributed by atoms with Crippen molar-refractivity contribution in [1.82, 2.24) is 4.90 Å². The summed E-state index contributed by atoms with van der Waals surface area (Å²) >= 11 is 0. The summed E-state index contributed by atoms with van der Waals surface area (Å²) in [6, 6.07) is 18.6. The van der Waals surface area contributed by atoms with Crippen LogP contribution in [0.25, 0.3) is 0 Å². The number of amides is 2. The van der Waals surface area contributed by atoms with Gasteiger partial charge < -0.3 is 19.7 Å². The fraction of sp³-hybridized carbons (Fsp3) is 0.231. The van der Waals surface area contributed by atoms with E-state index in [1.807, 2.05) is 37.3 Å². The van der Waals surface area contributed by atoms with Crippen LogP contribution < -0.4 is 14.8 Å². The number of ether oxygens (including phenoxy) is 2. The lowest BCUT2D eigenvalue weighted by atomic mass is 10.1. The van der Waals surface area contributed by atoms with Crippen molar-refractivity contribution in [1.29, 1.82) is 0 Å². The normalized spacial score (nSPS) is 14.0. The second-order valence-electron chi connectivity index (χ2n) is 7.94. The van der Waals surface area contributed by atoms with E-state index in [9.17, 15) is 14.0 Å². The van der Waals surface area contributed by atoms with E-state index in [0.717, 1.165) is 16.7 Å². The Balaban J connectivity index is 1.49. The number of anilines is 1. The number of carbonyl (C=O) groups is 2. The standard InChI is InChI=1S/C26H25FN2O4/c1-17(19-6-8-21(27)9-7-19)29-15-20-14-22(10-11-24(20)33-16-26(29)31)28-25(30)13-18-4-3-5-23(12-18)32-2/h3-12,14,17H,13,15-16H2,1-2H3,(H,28,30)/t17-/m0/s1. The maximum Gasteiger partial charge on any atom is 0.261 e. The van der Waals surface area contributed by atoms with Crippen LogP contribution in [-0.2, 0) is 22.6 Å². The van der Waals surface area contributed by atoms with Crippen LogP contribution in [0.5, 0.6) is 11.5 Å². The van der Waals surface area contributed by atoms with Gasteiger partial charge in [0.05, 0.1) is 26.1 Å². The van der Waals surface area contributed by atoms with Crippen molar-refractivity contribution in [3.8, 4) is 11.5 Å². The maximum absolute atomic E-state index is 13.3. The van der Waals surface area contributed by atoms with Gasteiger partial charge in [-0.05, 0) is 60.5 Å². The molecule has 0 saturated heterocycles. The molecule has 1 N–H and O–H groups in total. The molecule has 0 spiro atoms. The highest BCUT2D eigenvalue weighted by Gasteiger charge is 2.27. The molecule has 1 heterocycles. The molecule has 0 radical (unpaired) electrons. The summed E-state index contributed by atoms with van der Waals surface area (Å²) in [7, 11) is 1.59. The zero-order chi connectivity index (χ0) is 23.4. The zero-order valence-electron chi connectivity index (χ0n) is 18.5. The zero-order valence-corrected chi connectivity index (χ0v) is 18.5. The van der Waals surface area contributed by atoms with Crippen LogP contribution in [0.2, 0.25) is 0 Å². The number of methoxy groups -OCH3 is 1. The van der Waals surface area contributed by atoms with Gasteiger partial charge in [-0.2, -0.15) is 0 Å². The molecule has 7 heteroatoms. The number of hydrogen-bond acceptors (Lipinski definition) is 4. The summed E-state index contributed by atoms with van der Waals surface area (Å²) in [5.41, 5.74) is 3.08. The van der Waals surface area contributed by atoms with Crippen molar-refractivity contribution in [3.05, 3.63) is 89.2 Å². The predicted molar refractivity (Wildman–Crippen MR) is 123 cm³/mol. The van der Waals surface area contributed by atoms with E-state index in [-0.39, 0.29) is 36.7 Å². The summed E-state index contributed by atoms with van der Waals surface area (Å²) < 4.78 is 24.2. The minimum absolute atomic E-state index is 0.0833. The second kappa shape index (κ2) is 9.73. The molecule has 0 bridgehead atoms. The van der Waals surface area contributed by atoms with Crippen molar-refractivity contribution in [2.45, 2.75) is 25.9 Å². The summed E-state index contributed by atoms with van der Waals surface area (Å²) in [5.74, 6) is 0.651. The number of halogens is 1. The lowest BCUT2D eigenvalue weighted by Crippen LogP contribution is -2.34. The smallest absolute Gasteiger partial charge is 0.261 e. The van der Waals surface area contributed by atoms with Gasteiger partial charge >= 0.3 is 0 Å². The number of fused-ring (bicyclic) bond motifs is 1. The number of hydrogen-bond donors (Lipinski definition) is 1. The molecule has 6 nitrogen and oxygen atoms in total. The van der Waals surface area contributed by atoms with Gasteiger partial charge in [0, 0.05) is 11.3 Å². The number of benzene rings is 3. The molecule has 3 aromatic carbocycles. The Morgan fingerprint density at radius 3 is 2.70 bits per heavy atom. The number of carbonyl (C=O) groups excluding carboxylic acids is 2. The number of nitrogens with one attached hydrogen (secondary N) is 1. The first-order chi connectivity index (χ1) is 15.9. The predicted octanol–water partition coefficient (Wildman–Crippen LogP) is 4.50. The van der Waals surface area contributed by atoms with Crippen LogP contribution in [0.15, 0.2) is 66.7 Å². The Morgan fingerprint density at radius 2 is 1.94 bits per heavy atom. The molecular weight excluding hydrogens is 423 g/mol. The minimum Gasteiger partial charge on any atom is -0.497 e. The molecule has 170 valence electrons. The van der Waals surface area contributed by atoms with Gasteiger partial charge in [-0.25, -0.2) is 4.39 Å². The van der Waals surface area contributed by atoms with Crippen molar-refractivity contribution in [2.24, 2.45) is 0 Å². The average Bonchev–Trinajstić information content (AvgIpc) is 2.97. The highest BCUT2D eigenvalue weighted by Crippen LogP contribution is 2.31. The molecule has 4 rings (SSSR count). The van der Waals surface area contributed by atoms with E-state index in [2.05, 4.69) is 5.32 Å². The summed E-state index contributed by atoms with van der Waals surface area (Å²) in [6.45, 7) is 2.13. The Hall–Kier alpha value is -3.87. The van der Waals surface area contributed by atoms with Gasteiger partial charge in [0.15, 0.2) is 6.61 Å². The van der Waals surface area contributed by atoms with Crippen LogP contribution in [-0.4, -0.2) is 30.4 Å². The first-order valence-electron chi connectivity index (χ1n) is 10.7. The molecule has 33 heavy (non-hydrogen) atoms. The number of rotatable bonds is 6. The summed E-state index contributed by atoms with van der Waals surface area (Å²) in [6.07, 6.45) is 0.205. The van der Waals surface area contributed by atoms with E-state index >= 15 is 0 Å². The summed E-state index contributed by atoms with van der Waals surface area (Å²) in [5, 5.41) is 2.91. The Kier molecular flexibility index (Phi) is 6.58. The largest absolute Gasteiger partial charge is 0.497 e. The maximum atomic E-state index is 13.3. The van der Waals surface area contributed by atoms with Crippen molar-refractivity contribution < 1.29 is 23.5 Å². The van der Waals surface area contributed by atoms with Gasteiger partial charge in [0.25, 0.3) is 5.91 Å². The van der Waals surface area contributed by atoms with Crippen molar-refractivity contribution in [3.63, 3.8) is 0 Å². The quantitative estimate of drug-likeness (QED) is 0.603. The Bertz CT molecular complexity index is 1160. The van der Waals surface area contributed by atoms with Crippen LogP contribution in [0.4, 0.5) is 10.1 Å². The van der Waals surface area contributed by atoms with Gasteiger partial charge in [-0.15, -0.1) is 0 Å². The van der Waals surface area contributed by atoms with Crippen molar-refractivity contribution >= 4 is 17.5 Å². The third kappa shape index (κ3) is 5.31. The van der Waals surface area contributed by atoms with E-state index in [1.165, 1.54) is 12.1 Å². The molecule has 0 fully saturated rings. The fourth-order valence-corrected chi connectivity index (χ4v) is 3.86. The van der Waals surface area contributed by atoms with Crippen LogP contribution in [0, 0.1) is 5.82 Å². The van der Waals surface area contributed by atoms with E-state index < -0.39 is 0 Å². The van der Waals surface area contributed by atoms with Crippen LogP contribution >= 0.6 is 0 Å². The third-order valence-corrected chi connectivity index (χ3v) is 5.68. The lowest BCUT2D eigenvalue weighted by molar-refractivity contribution is -0.135. The highest BCUT2D eigenvalue weighted by atomic mass is 19.1. The monoisotopic (exact) mass is 448 g/mol. The van der Waals surface area contributed by atoms with Crippen molar-refractivity contribution in [2.75, 3.05) is 19.0 Å². The Morgan fingerprint density at radius 1 is 1.15 bits per heavy atom. The average molecular weight is 448 g/mol. The molecule has 3 aromatic rings. The van der Waals surface area contributed by atoms with Gasteiger partial charge in [-0.3, -0.25) is 9.59 Å². The molecule has 1 aliphatic heterocycles. The van der Waals surface area contributed by atoms with Gasteiger partial charge in [-0.1, -0.05) is 24.3 Å². The molecular formula is C26H25FN2O4. The molecule has 1 atom stereocenters. The molecule has 0 aromatic heterocycles. The minimum atomic E-state index is -0.323. The topological polar surface area (TPSA) is 67.9 Å². The molecule has 2 amide bonds. The first-order valence-corrected chi connectivity index (χ1v) is 10.7. The summed E-state index contributed by atoms with van der Waals surface area (Å²) in [4.78, 5) is 27.0. The highest BCUT2D eigenvalue weighted by molar-refractivity contribution is 5.92. The molecule has 0 aliphatic carbocycles. The third-order valence-electron chi connectivity index (χ3n) is 5.68. The van der Waals surface area contributed by atoms with Crippen LogP contribution in [0.1, 0.15) is 29.7 Å². The van der Waals surface area contributed by atoms with Crippen LogP contribution in [0.3, 0.4) is 0 Å². The second-order valence-corrected chi connectivity index (χ2v) is 7.94. The molecule has 0 saturated carbocycles. The van der Waals surface area contributed by atoms with E-state index in [0.29, 0.717) is 23.7 Å². The first kappa shape index (κ1) is 22.3. The van der Waals surface area contributed by atoms with E-state index in [4.69, 9.17) is 9.47 Å². The number of nitrogens with zero attached hydrogens (tertiary/aromatic N) is 1. The molecule has 0 unspecified atom stereocenters. The Labute approximate surface area is 191 Å². The van der Waals surface area contributed by atoms with Gasteiger partial charge in [0.2, 0.25) is 5.91 Å². The lowest BCUT2D eigenvalue weighted by Gasteiger charge is -2.28. The SMILES string of the molecule is COc1cccc(CC(=O)Nc2ccc3c(c2)CN([C@@H](C)c2ccc(F)cc2)C(=O)CO3)c1. The van der Waals surface area contributed by atoms with Gasteiger partial charge in [0.1, 0.15) is 17.3 Å². The van der Waals surface area contributed by atoms with E-state index in [1.54, 1.807) is 36.3 Å². The fourth-order valence-electron chi connectivity index (χ4n) is 3.86. The molecule has 1 aliphatic rings.